The number of likely N-dealkylation sites (tertiary alicyclic amines) is 1. The molecule has 1 heterocycles. The third-order valence-corrected chi connectivity index (χ3v) is 5.48. The molecule has 1 aliphatic rings. The number of carbonyl (C=O) groups is 1. The highest BCUT2D eigenvalue weighted by atomic mass is 16.5. The van der Waals surface area contributed by atoms with Crippen molar-refractivity contribution in [2.45, 2.75) is 38.1 Å². The number of nitrogens with zero attached hydrogens (tertiary/aromatic N) is 1. The molecule has 1 amide bonds. The molecular weight excluding hydrogens is 336 g/mol. The monoisotopic (exact) mass is 366 g/mol. The van der Waals surface area contributed by atoms with Crippen molar-refractivity contribution in [1.29, 1.82) is 0 Å². The summed E-state index contributed by atoms with van der Waals surface area (Å²) in [5, 5.41) is 3.22. The molecule has 2 atom stereocenters. The highest BCUT2D eigenvalue weighted by molar-refractivity contribution is 5.83. The first-order valence-corrected chi connectivity index (χ1v) is 9.94. The van der Waals surface area contributed by atoms with E-state index in [-0.39, 0.29) is 17.9 Å². The van der Waals surface area contributed by atoms with E-state index in [9.17, 15) is 4.79 Å². The van der Waals surface area contributed by atoms with Crippen LogP contribution in [0, 0.1) is 0 Å². The van der Waals surface area contributed by atoms with Crippen molar-refractivity contribution in [3.63, 3.8) is 0 Å². The van der Waals surface area contributed by atoms with Gasteiger partial charge in [0, 0.05) is 12.1 Å². The molecule has 2 aromatic rings. The summed E-state index contributed by atoms with van der Waals surface area (Å²) in [5.41, 5.74) is 2.22. The molecule has 1 aliphatic heterocycles. The van der Waals surface area contributed by atoms with Gasteiger partial charge in [-0.15, -0.1) is 0 Å². The average molecular weight is 367 g/mol. The Kier molecular flexibility index (Phi) is 6.88. The zero-order valence-electron chi connectivity index (χ0n) is 16.4. The summed E-state index contributed by atoms with van der Waals surface area (Å²) in [6.45, 7) is 4.79. The molecule has 0 bridgehead atoms. The van der Waals surface area contributed by atoms with E-state index in [1.165, 1.54) is 12.8 Å². The van der Waals surface area contributed by atoms with Gasteiger partial charge in [0.05, 0.1) is 19.1 Å². The number of methoxy groups -OCH3 is 1. The van der Waals surface area contributed by atoms with Crippen molar-refractivity contribution in [3.05, 3.63) is 65.7 Å². The van der Waals surface area contributed by atoms with Crippen LogP contribution in [0.5, 0.6) is 5.75 Å². The molecule has 0 aromatic heterocycles. The quantitative estimate of drug-likeness (QED) is 0.763. The third kappa shape index (κ3) is 4.69. The second-order valence-electron chi connectivity index (χ2n) is 7.12. The third-order valence-electron chi connectivity index (χ3n) is 5.48. The van der Waals surface area contributed by atoms with Crippen LogP contribution in [-0.2, 0) is 4.79 Å². The summed E-state index contributed by atoms with van der Waals surface area (Å²) in [4.78, 5) is 15.4. The second kappa shape index (κ2) is 9.56. The van der Waals surface area contributed by atoms with Gasteiger partial charge in [0.25, 0.3) is 0 Å². The maximum absolute atomic E-state index is 12.9. The molecule has 3 rings (SSSR count). The van der Waals surface area contributed by atoms with Crippen LogP contribution in [0.2, 0.25) is 0 Å². The molecule has 144 valence electrons. The molecule has 0 aliphatic carbocycles. The molecule has 2 aromatic carbocycles. The lowest BCUT2D eigenvalue weighted by Crippen LogP contribution is -2.38. The lowest BCUT2D eigenvalue weighted by atomic mass is 9.95. The smallest absolute Gasteiger partial charge is 0.227 e. The minimum atomic E-state index is -0.108. The maximum atomic E-state index is 12.9. The number of rotatable bonds is 8. The number of ether oxygens (including phenoxy) is 1. The number of hydrogen-bond acceptors (Lipinski definition) is 3. The van der Waals surface area contributed by atoms with E-state index >= 15 is 0 Å². The van der Waals surface area contributed by atoms with Gasteiger partial charge in [0.1, 0.15) is 5.75 Å². The van der Waals surface area contributed by atoms with E-state index in [4.69, 9.17) is 4.74 Å². The van der Waals surface area contributed by atoms with Crippen molar-refractivity contribution in [3.8, 4) is 5.75 Å². The summed E-state index contributed by atoms with van der Waals surface area (Å²) in [6.07, 6.45) is 3.21. The second-order valence-corrected chi connectivity index (χ2v) is 7.12. The summed E-state index contributed by atoms with van der Waals surface area (Å²) < 4.78 is 5.59. The Hall–Kier alpha value is -2.33. The number of carbonyl (C=O) groups excluding carboxylic acids is 1. The Morgan fingerprint density at radius 1 is 1.07 bits per heavy atom. The Balaban J connectivity index is 1.75. The van der Waals surface area contributed by atoms with Crippen LogP contribution < -0.4 is 10.1 Å². The number of benzene rings is 2. The fourth-order valence-corrected chi connectivity index (χ4v) is 4.01. The minimum absolute atomic E-state index is 0.0998. The SMILES string of the molecule is CCC(C(=O)NCC(c1ccccc1OC)N1CCCC1)c1ccccc1. The predicted molar refractivity (Wildman–Crippen MR) is 109 cm³/mol. The molecule has 4 heteroatoms. The minimum Gasteiger partial charge on any atom is -0.496 e. The Morgan fingerprint density at radius 2 is 1.74 bits per heavy atom. The lowest BCUT2D eigenvalue weighted by molar-refractivity contribution is -0.122. The summed E-state index contributed by atoms with van der Waals surface area (Å²) in [6, 6.07) is 18.3. The van der Waals surface area contributed by atoms with Gasteiger partial charge in [-0.25, -0.2) is 0 Å². The molecule has 1 saturated heterocycles. The van der Waals surface area contributed by atoms with Gasteiger partial charge in [-0.2, -0.15) is 0 Å². The first-order valence-electron chi connectivity index (χ1n) is 9.94. The number of para-hydroxylation sites is 1. The molecule has 0 spiro atoms. The Morgan fingerprint density at radius 3 is 2.41 bits per heavy atom. The van der Waals surface area contributed by atoms with E-state index in [1.807, 2.05) is 48.5 Å². The summed E-state index contributed by atoms with van der Waals surface area (Å²) >= 11 is 0. The Bertz CT molecular complexity index is 726. The van der Waals surface area contributed by atoms with Crippen LogP contribution in [0.15, 0.2) is 54.6 Å². The highest BCUT2D eigenvalue weighted by Gasteiger charge is 2.27. The normalized spacial score (nSPS) is 16.7. The van der Waals surface area contributed by atoms with Gasteiger partial charge in [-0.05, 0) is 44.0 Å². The number of amides is 1. The van der Waals surface area contributed by atoms with Crippen LogP contribution in [0.3, 0.4) is 0 Å². The van der Waals surface area contributed by atoms with Crippen molar-refractivity contribution in [2.24, 2.45) is 0 Å². The molecular formula is C23H30N2O2. The fraction of sp³-hybridized carbons (Fsp3) is 0.435. The van der Waals surface area contributed by atoms with Gasteiger partial charge >= 0.3 is 0 Å². The average Bonchev–Trinajstić information content (AvgIpc) is 3.24. The highest BCUT2D eigenvalue weighted by Crippen LogP contribution is 2.31. The van der Waals surface area contributed by atoms with Gasteiger partial charge in [-0.1, -0.05) is 55.5 Å². The zero-order valence-corrected chi connectivity index (χ0v) is 16.4. The molecule has 1 N–H and O–H groups in total. The fourth-order valence-electron chi connectivity index (χ4n) is 4.01. The first-order chi connectivity index (χ1) is 13.2. The van der Waals surface area contributed by atoms with Gasteiger partial charge in [-0.3, -0.25) is 9.69 Å². The number of nitrogens with one attached hydrogen (secondary N) is 1. The van der Waals surface area contributed by atoms with E-state index in [1.54, 1.807) is 7.11 Å². The summed E-state index contributed by atoms with van der Waals surface area (Å²) in [5.74, 6) is 0.879. The first kappa shape index (κ1) is 19.4. The molecule has 0 saturated carbocycles. The van der Waals surface area contributed by atoms with Crippen LogP contribution in [-0.4, -0.2) is 37.6 Å². The van der Waals surface area contributed by atoms with E-state index in [0.717, 1.165) is 36.4 Å². The van der Waals surface area contributed by atoms with Crippen molar-refractivity contribution < 1.29 is 9.53 Å². The summed E-state index contributed by atoms with van der Waals surface area (Å²) in [7, 11) is 1.71. The molecule has 2 unspecified atom stereocenters. The van der Waals surface area contributed by atoms with Crippen LogP contribution in [0.1, 0.15) is 49.3 Å². The van der Waals surface area contributed by atoms with Crippen LogP contribution >= 0.6 is 0 Å². The van der Waals surface area contributed by atoms with Crippen molar-refractivity contribution >= 4 is 5.91 Å². The number of hydrogen-bond donors (Lipinski definition) is 1. The molecule has 27 heavy (non-hydrogen) atoms. The van der Waals surface area contributed by atoms with Crippen molar-refractivity contribution in [2.75, 3.05) is 26.7 Å². The Labute approximate surface area is 162 Å². The van der Waals surface area contributed by atoms with Gasteiger partial charge in [0.2, 0.25) is 5.91 Å². The topological polar surface area (TPSA) is 41.6 Å². The van der Waals surface area contributed by atoms with Crippen LogP contribution in [0.25, 0.3) is 0 Å². The van der Waals surface area contributed by atoms with Crippen LogP contribution in [0.4, 0.5) is 0 Å². The van der Waals surface area contributed by atoms with Crippen molar-refractivity contribution in [1.82, 2.24) is 10.2 Å². The largest absolute Gasteiger partial charge is 0.496 e. The predicted octanol–water partition coefficient (Wildman–Crippen LogP) is 4.14. The standard InChI is InChI=1S/C23H30N2O2/c1-3-19(18-11-5-4-6-12-18)23(26)24-17-21(25-15-9-10-16-25)20-13-7-8-14-22(20)27-2/h4-8,11-14,19,21H,3,9-10,15-17H2,1-2H3,(H,24,26). The maximum Gasteiger partial charge on any atom is 0.227 e. The molecule has 4 nitrogen and oxygen atoms in total. The van der Waals surface area contributed by atoms with E-state index in [2.05, 4.69) is 23.2 Å². The van der Waals surface area contributed by atoms with Gasteiger partial charge in [0.15, 0.2) is 0 Å². The molecule has 1 fully saturated rings. The lowest BCUT2D eigenvalue weighted by Gasteiger charge is -2.30. The molecule has 0 radical (unpaired) electrons. The van der Waals surface area contributed by atoms with E-state index < -0.39 is 0 Å². The van der Waals surface area contributed by atoms with Gasteiger partial charge < -0.3 is 10.1 Å². The van der Waals surface area contributed by atoms with E-state index in [0.29, 0.717) is 6.54 Å². The zero-order chi connectivity index (χ0) is 19.1.